The molecule has 0 unspecified atom stereocenters. The van der Waals surface area contributed by atoms with E-state index in [2.05, 4.69) is 15.3 Å². The summed E-state index contributed by atoms with van der Waals surface area (Å²) in [5.41, 5.74) is 0. The summed E-state index contributed by atoms with van der Waals surface area (Å²) in [6.07, 6.45) is 4.47. The topological polar surface area (TPSA) is 74.8 Å². The fraction of sp³-hybridized carbons (Fsp3) is 0.500. The quantitative estimate of drug-likeness (QED) is 0.691. The second kappa shape index (κ2) is 3.57. The Morgan fingerprint density at radius 1 is 1.67 bits per heavy atom. The van der Waals surface area contributed by atoms with E-state index >= 15 is 0 Å². The van der Waals surface area contributed by atoms with Gasteiger partial charge >= 0.3 is 0 Å². The van der Waals surface area contributed by atoms with Crippen molar-refractivity contribution in [2.75, 3.05) is 23.9 Å². The standard InChI is InChI=1S/C6H11N3O2S/c1-12(10,11)5-4-9-6-7-2-3-8-6/h2-3H,4-5H2,1H3,(H2,7,8,9). The molecule has 0 radical (unpaired) electrons. The van der Waals surface area contributed by atoms with Crippen LogP contribution < -0.4 is 5.32 Å². The van der Waals surface area contributed by atoms with Gasteiger partial charge in [0.25, 0.3) is 0 Å². The van der Waals surface area contributed by atoms with Gasteiger partial charge in [-0.3, -0.25) is 0 Å². The monoisotopic (exact) mass is 189 g/mol. The second-order valence-corrected chi connectivity index (χ2v) is 4.75. The van der Waals surface area contributed by atoms with Crippen molar-refractivity contribution >= 4 is 15.8 Å². The van der Waals surface area contributed by atoms with Crippen LogP contribution in [0.3, 0.4) is 0 Å². The molecule has 12 heavy (non-hydrogen) atoms. The van der Waals surface area contributed by atoms with Crippen molar-refractivity contribution in [1.82, 2.24) is 9.97 Å². The molecule has 0 amide bonds. The predicted molar refractivity (Wildman–Crippen MR) is 46.8 cm³/mol. The summed E-state index contributed by atoms with van der Waals surface area (Å²) < 4.78 is 21.4. The molecule has 6 heteroatoms. The summed E-state index contributed by atoms with van der Waals surface area (Å²) in [6.45, 7) is 0.381. The molecule has 1 aromatic rings. The molecule has 0 aliphatic rings. The molecule has 0 bridgehead atoms. The Morgan fingerprint density at radius 3 is 2.92 bits per heavy atom. The summed E-state index contributed by atoms with van der Waals surface area (Å²) in [4.78, 5) is 6.68. The zero-order valence-electron chi connectivity index (χ0n) is 6.74. The smallest absolute Gasteiger partial charge is 0.200 e. The van der Waals surface area contributed by atoms with Crippen LogP contribution in [-0.4, -0.2) is 36.9 Å². The van der Waals surface area contributed by atoms with Gasteiger partial charge in [0.2, 0.25) is 0 Å². The molecule has 0 fully saturated rings. The maximum absolute atomic E-state index is 10.7. The third-order valence-electron chi connectivity index (χ3n) is 1.26. The van der Waals surface area contributed by atoms with Crippen LogP contribution in [0.4, 0.5) is 5.95 Å². The van der Waals surface area contributed by atoms with Gasteiger partial charge in [0.05, 0.1) is 5.75 Å². The van der Waals surface area contributed by atoms with Gasteiger partial charge in [-0.2, -0.15) is 0 Å². The Hall–Kier alpha value is -1.04. The molecule has 1 rings (SSSR count). The first-order chi connectivity index (χ1) is 5.58. The Balaban J connectivity index is 2.29. The lowest BCUT2D eigenvalue weighted by molar-refractivity contribution is 0.602. The van der Waals surface area contributed by atoms with Crippen molar-refractivity contribution in [3.05, 3.63) is 12.4 Å². The Bertz CT molecular complexity index is 317. The number of nitrogens with one attached hydrogen (secondary N) is 2. The van der Waals surface area contributed by atoms with E-state index in [1.807, 2.05) is 0 Å². The summed E-state index contributed by atoms with van der Waals surface area (Å²) in [7, 11) is -2.88. The minimum absolute atomic E-state index is 0.119. The number of nitrogens with zero attached hydrogens (tertiary/aromatic N) is 1. The fourth-order valence-corrected chi connectivity index (χ4v) is 1.19. The summed E-state index contributed by atoms with van der Waals surface area (Å²) in [5.74, 6) is 0.715. The molecule has 0 saturated carbocycles. The number of aromatic amines is 1. The number of imidazole rings is 1. The molecule has 0 aliphatic carbocycles. The lowest BCUT2D eigenvalue weighted by Crippen LogP contribution is -2.14. The van der Waals surface area contributed by atoms with Crippen molar-refractivity contribution in [1.29, 1.82) is 0 Å². The van der Waals surface area contributed by atoms with Crippen LogP contribution in [0, 0.1) is 0 Å². The van der Waals surface area contributed by atoms with Crippen molar-refractivity contribution in [2.24, 2.45) is 0 Å². The maximum Gasteiger partial charge on any atom is 0.200 e. The van der Waals surface area contributed by atoms with Gasteiger partial charge in [0.1, 0.15) is 9.84 Å². The lowest BCUT2D eigenvalue weighted by Gasteiger charge is -1.99. The van der Waals surface area contributed by atoms with Crippen LogP contribution >= 0.6 is 0 Å². The summed E-state index contributed by atoms with van der Waals surface area (Å²) in [5, 5.41) is 2.84. The molecular weight excluding hydrogens is 178 g/mol. The third-order valence-corrected chi connectivity index (χ3v) is 2.21. The maximum atomic E-state index is 10.7. The zero-order valence-corrected chi connectivity index (χ0v) is 7.56. The fourth-order valence-electron chi connectivity index (χ4n) is 0.717. The summed E-state index contributed by atoms with van der Waals surface area (Å²) in [6, 6.07) is 0. The zero-order chi connectivity index (χ0) is 9.03. The number of aromatic nitrogens is 2. The number of H-pyrrole nitrogens is 1. The van der Waals surface area contributed by atoms with E-state index in [1.165, 1.54) is 6.26 Å². The first kappa shape index (κ1) is 9.05. The van der Waals surface area contributed by atoms with Crippen LogP contribution in [0.25, 0.3) is 0 Å². The van der Waals surface area contributed by atoms with E-state index in [1.54, 1.807) is 12.4 Å². The third kappa shape index (κ3) is 3.38. The molecule has 0 saturated heterocycles. The molecule has 1 heterocycles. The highest BCUT2D eigenvalue weighted by molar-refractivity contribution is 7.90. The van der Waals surface area contributed by atoms with Gasteiger partial charge < -0.3 is 10.3 Å². The highest BCUT2D eigenvalue weighted by Crippen LogP contribution is 1.93. The molecule has 0 spiro atoms. The van der Waals surface area contributed by atoms with Crippen molar-refractivity contribution in [2.45, 2.75) is 0 Å². The van der Waals surface area contributed by atoms with Crippen LogP contribution in [0.2, 0.25) is 0 Å². The predicted octanol–water partition coefficient (Wildman–Crippen LogP) is -0.134. The van der Waals surface area contributed by atoms with E-state index in [-0.39, 0.29) is 5.75 Å². The minimum atomic E-state index is -2.88. The molecule has 0 aromatic carbocycles. The Morgan fingerprint density at radius 2 is 2.42 bits per heavy atom. The largest absolute Gasteiger partial charge is 0.355 e. The van der Waals surface area contributed by atoms with Crippen molar-refractivity contribution in [3.63, 3.8) is 0 Å². The first-order valence-corrected chi connectivity index (χ1v) is 5.55. The number of rotatable bonds is 4. The molecular formula is C6H11N3O2S. The number of hydrogen-bond acceptors (Lipinski definition) is 4. The van der Waals surface area contributed by atoms with Crippen LogP contribution in [0.15, 0.2) is 12.4 Å². The summed E-state index contributed by atoms with van der Waals surface area (Å²) >= 11 is 0. The van der Waals surface area contributed by atoms with Gasteiger partial charge in [-0.15, -0.1) is 0 Å². The molecule has 0 atom stereocenters. The van der Waals surface area contributed by atoms with Gasteiger partial charge in [-0.25, -0.2) is 13.4 Å². The highest BCUT2D eigenvalue weighted by atomic mass is 32.2. The average Bonchev–Trinajstić information content (AvgIpc) is 2.36. The SMILES string of the molecule is CS(=O)(=O)CCNc1ncc[nH]1. The van der Waals surface area contributed by atoms with E-state index in [4.69, 9.17) is 0 Å². The normalized spacial score (nSPS) is 11.4. The van der Waals surface area contributed by atoms with Crippen LogP contribution in [-0.2, 0) is 9.84 Å². The number of sulfone groups is 1. The van der Waals surface area contributed by atoms with E-state index in [0.29, 0.717) is 12.5 Å². The minimum Gasteiger partial charge on any atom is -0.355 e. The van der Waals surface area contributed by atoms with Crippen LogP contribution in [0.1, 0.15) is 0 Å². The van der Waals surface area contributed by atoms with Gasteiger partial charge in [0.15, 0.2) is 5.95 Å². The molecule has 68 valence electrons. The van der Waals surface area contributed by atoms with Crippen molar-refractivity contribution < 1.29 is 8.42 Å². The highest BCUT2D eigenvalue weighted by Gasteiger charge is 2.01. The average molecular weight is 189 g/mol. The molecule has 2 N–H and O–H groups in total. The molecule has 1 aromatic heterocycles. The van der Waals surface area contributed by atoms with Gasteiger partial charge in [-0.05, 0) is 0 Å². The number of hydrogen-bond donors (Lipinski definition) is 2. The van der Waals surface area contributed by atoms with Gasteiger partial charge in [-0.1, -0.05) is 0 Å². The number of anilines is 1. The van der Waals surface area contributed by atoms with E-state index in [0.717, 1.165) is 0 Å². The van der Waals surface area contributed by atoms with E-state index < -0.39 is 9.84 Å². The lowest BCUT2D eigenvalue weighted by atomic mass is 10.7. The first-order valence-electron chi connectivity index (χ1n) is 3.49. The van der Waals surface area contributed by atoms with Crippen molar-refractivity contribution in [3.8, 4) is 0 Å². The molecule has 5 nitrogen and oxygen atoms in total. The Kier molecular flexibility index (Phi) is 2.69. The van der Waals surface area contributed by atoms with Gasteiger partial charge in [0, 0.05) is 25.2 Å². The van der Waals surface area contributed by atoms with E-state index in [9.17, 15) is 8.42 Å². The Labute approximate surface area is 71.1 Å². The van der Waals surface area contributed by atoms with Crippen LogP contribution in [0.5, 0.6) is 0 Å². The second-order valence-electron chi connectivity index (χ2n) is 2.49. The molecule has 0 aliphatic heterocycles.